The molecule has 456 valence electrons. The van der Waals surface area contributed by atoms with Crippen molar-refractivity contribution in [3.05, 3.63) is 186 Å². The monoisotopic (exact) mass is 1210 g/mol. The van der Waals surface area contributed by atoms with Crippen LogP contribution in [0.1, 0.15) is 64.5 Å². The second kappa shape index (κ2) is 26.6. The van der Waals surface area contributed by atoms with Crippen molar-refractivity contribution in [2.24, 2.45) is 0 Å². The van der Waals surface area contributed by atoms with E-state index >= 15 is 0 Å². The predicted molar refractivity (Wildman–Crippen MR) is 351 cm³/mol. The molecule has 8 bridgehead atoms. The molecule has 12 rings (SSSR count). The van der Waals surface area contributed by atoms with Crippen molar-refractivity contribution in [3.63, 3.8) is 0 Å². The SMILES string of the molecule is COc1ccc(-c2c3nc(c(-c4ccc(OC)cc4)c4ccc([nH]4)c(-c4ccc(OCCCCNC(=O)CCC(NC(=O)c5ccc(NCc6cnc7nc(N)nc(O)c7n6)cc5)C(=O)O)cc4)c4nc(c(-c5ccc(OC)cc5)c5ccc2[nH]5)C=C4)C=C3)cc1. The molecule has 1 atom stereocenters. The number of unbranched alkanes of at least 4 members (excludes halogenated alkanes) is 1. The van der Waals surface area contributed by atoms with E-state index < -0.39 is 17.9 Å². The Morgan fingerprint density at radius 3 is 1.47 bits per heavy atom. The van der Waals surface area contributed by atoms with E-state index in [4.69, 9.17) is 34.6 Å². The van der Waals surface area contributed by atoms with Gasteiger partial charge < -0.3 is 60.8 Å². The maximum atomic E-state index is 13.1. The molecule has 2 aliphatic rings. The largest absolute Gasteiger partial charge is 0.497 e. The van der Waals surface area contributed by atoms with Crippen molar-refractivity contribution in [3.8, 4) is 73.4 Å². The third-order valence-electron chi connectivity index (χ3n) is 15.5. The summed E-state index contributed by atoms with van der Waals surface area (Å²) in [5.74, 6) is 0.165. The van der Waals surface area contributed by atoms with Crippen LogP contribution in [0.3, 0.4) is 0 Å². The Morgan fingerprint density at radius 2 is 1.02 bits per heavy atom. The van der Waals surface area contributed by atoms with Crippen LogP contribution in [0.15, 0.2) is 152 Å². The molecule has 9 N–H and O–H groups in total. The lowest BCUT2D eigenvalue weighted by Gasteiger charge is -2.15. The van der Waals surface area contributed by atoms with Gasteiger partial charge in [-0.1, -0.05) is 48.5 Å². The fourth-order valence-corrected chi connectivity index (χ4v) is 10.9. The van der Waals surface area contributed by atoms with E-state index in [9.17, 15) is 24.6 Å². The number of carboxylic acid groups (broad SMARTS) is 1. The number of fused-ring (bicyclic) bond motifs is 9. The molecule has 2 aliphatic heterocycles. The molecule has 21 heteroatoms. The van der Waals surface area contributed by atoms with Crippen LogP contribution in [0.4, 0.5) is 11.6 Å². The third kappa shape index (κ3) is 13.4. The molecule has 10 aromatic rings. The number of aromatic amines is 2. The molecule has 5 aromatic heterocycles. The first-order chi connectivity index (χ1) is 44.4. The molecular formula is C70H62N12O9. The van der Waals surface area contributed by atoms with E-state index in [0.717, 1.165) is 107 Å². The molecule has 2 amide bonds. The molecule has 0 saturated carbocycles. The van der Waals surface area contributed by atoms with Gasteiger partial charge in [0.15, 0.2) is 11.2 Å². The average Bonchev–Trinajstić information content (AvgIpc) is 2.13. The lowest BCUT2D eigenvalue weighted by Crippen LogP contribution is -2.41. The second-order valence-electron chi connectivity index (χ2n) is 21.4. The molecule has 0 spiro atoms. The van der Waals surface area contributed by atoms with Crippen LogP contribution in [0.5, 0.6) is 28.9 Å². The summed E-state index contributed by atoms with van der Waals surface area (Å²) in [6, 6.07) is 45.3. The number of hydrogen-bond donors (Lipinski definition) is 8. The van der Waals surface area contributed by atoms with E-state index in [2.05, 4.69) is 88.3 Å². The van der Waals surface area contributed by atoms with Crippen LogP contribution in [-0.4, -0.2) is 108 Å². The van der Waals surface area contributed by atoms with Crippen molar-refractivity contribution in [1.82, 2.24) is 50.5 Å². The predicted octanol–water partition coefficient (Wildman–Crippen LogP) is 11.9. The minimum Gasteiger partial charge on any atom is -0.497 e. The number of amides is 2. The van der Waals surface area contributed by atoms with E-state index in [1.165, 1.54) is 6.20 Å². The zero-order valence-electron chi connectivity index (χ0n) is 49.8. The molecule has 0 saturated heterocycles. The number of hydrogen-bond acceptors (Lipinski definition) is 16. The first-order valence-corrected chi connectivity index (χ1v) is 29.3. The number of nitrogens with zero attached hydrogens (tertiary/aromatic N) is 6. The number of aromatic nitrogens is 8. The van der Waals surface area contributed by atoms with Gasteiger partial charge in [0.2, 0.25) is 17.7 Å². The number of benzene rings is 5. The highest BCUT2D eigenvalue weighted by Gasteiger charge is 2.23. The lowest BCUT2D eigenvalue weighted by molar-refractivity contribution is -0.139. The van der Waals surface area contributed by atoms with E-state index in [0.29, 0.717) is 43.1 Å². The van der Waals surface area contributed by atoms with Crippen LogP contribution in [-0.2, 0) is 16.1 Å². The van der Waals surface area contributed by atoms with Crippen LogP contribution in [0, 0.1) is 0 Å². The molecule has 5 aromatic carbocycles. The van der Waals surface area contributed by atoms with Crippen LogP contribution in [0.2, 0.25) is 0 Å². The summed E-state index contributed by atoms with van der Waals surface area (Å²) in [7, 11) is 4.96. The fourth-order valence-electron chi connectivity index (χ4n) is 10.9. The molecule has 1 unspecified atom stereocenters. The summed E-state index contributed by atoms with van der Waals surface area (Å²) >= 11 is 0. The van der Waals surface area contributed by atoms with Gasteiger partial charge in [0.05, 0.1) is 69.1 Å². The van der Waals surface area contributed by atoms with Gasteiger partial charge in [-0.2, -0.15) is 9.97 Å². The lowest BCUT2D eigenvalue weighted by atomic mass is 10.0. The maximum absolute atomic E-state index is 13.1. The van der Waals surface area contributed by atoms with E-state index in [-0.39, 0.29) is 53.8 Å². The summed E-state index contributed by atoms with van der Waals surface area (Å²) in [4.78, 5) is 72.8. The highest BCUT2D eigenvalue weighted by atomic mass is 16.5. The normalized spacial score (nSPS) is 11.9. The number of nitrogens with two attached hydrogens (primary N) is 1. The minimum absolute atomic E-state index is 0.105. The van der Waals surface area contributed by atoms with Crippen molar-refractivity contribution in [2.45, 2.75) is 38.3 Å². The number of aromatic hydroxyl groups is 1. The summed E-state index contributed by atoms with van der Waals surface area (Å²) in [6.07, 6.45) is 10.7. The van der Waals surface area contributed by atoms with Crippen molar-refractivity contribution < 1.29 is 43.5 Å². The third-order valence-corrected chi connectivity index (χ3v) is 15.5. The quantitative estimate of drug-likeness (QED) is 0.0293. The highest BCUT2D eigenvalue weighted by molar-refractivity contribution is 6.00. The number of anilines is 2. The van der Waals surface area contributed by atoms with Crippen LogP contribution in [0.25, 0.3) is 102 Å². The van der Waals surface area contributed by atoms with E-state index in [1.54, 1.807) is 45.6 Å². The van der Waals surface area contributed by atoms with Crippen LogP contribution >= 0.6 is 0 Å². The standard InChI is InChI=1S/C70H62N12O9/c1-88-47-18-8-40(9-19-47)61-51-26-28-53(76-51)62(41-10-20-48(89-2)21-11-41)55-30-32-57(78-55)64(58-33-31-56(79-58)63(54-29-27-52(61)77-54)42-12-22-49(90-3)23-13-42)43-14-24-50(25-15-43)91-37-5-4-36-72-60(83)35-34-59(69(86)87)80-67(84)44-6-16-45(17-7-44)73-38-46-39-74-66-65(75-46)68(85)82-70(71)81-66/h6-33,39,59,73,76,79H,4-5,34-38H2,1-3H3,(H,72,83)(H,80,84)(H,86,87)(H3,71,74,81,82,85). The number of ether oxygens (including phenoxy) is 4. The number of carbonyl (C=O) groups excluding carboxylic acids is 2. The van der Waals surface area contributed by atoms with Gasteiger partial charge in [-0.3, -0.25) is 9.59 Å². The topological polar surface area (TPSA) is 300 Å². The van der Waals surface area contributed by atoms with Gasteiger partial charge in [-0.05, 0) is 163 Å². The van der Waals surface area contributed by atoms with Crippen molar-refractivity contribution in [2.75, 3.05) is 45.5 Å². The number of carbonyl (C=O) groups is 3. The van der Waals surface area contributed by atoms with Crippen molar-refractivity contribution in [1.29, 1.82) is 0 Å². The molecule has 21 nitrogen and oxygen atoms in total. The number of nitrogen functional groups attached to an aromatic ring is 1. The second-order valence-corrected chi connectivity index (χ2v) is 21.4. The molecule has 0 radical (unpaired) electrons. The molecule has 91 heavy (non-hydrogen) atoms. The average molecular weight is 1220 g/mol. The smallest absolute Gasteiger partial charge is 0.326 e. The summed E-state index contributed by atoms with van der Waals surface area (Å²) in [5, 5.41) is 28.6. The Morgan fingerprint density at radius 1 is 0.560 bits per heavy atom. The molecule has 0 aliphatic carbocycles. The Labute approximate surface area is 521 Å². The number of H-pyrrole nitrogens is 2. The number of carboxylic acids is 1. The molecule has 0 fully saturated rings. The Balaban J connectivity index is 0.735. The van der Waals surface area contributed by atoms with Gasteiger partial charge in [0, 0.05) is 68.5 Å². The molecule has 7 heterocycles. The Hall–Kier alpha value is -11.9. The van der Waals surface area contributed by atoms with Crippen LogP contribution < -0.4 is 40.6 Å². The van der Waals surface area contributed by atoms with Gasteiger partial charge in [0.1, 0.15) is 29.0 Å². The zero-order valence-corrected chi connectivity index (χ0v) is 49.8. The van der Waals surface area contributed by atoms with Gasteiger partial charge in [0.25, 0.3) is 5.91 Å². The first-order valence-electron chi connectivity index (χ1n) is 29.3. The number of nitrogens with one attached hydrogen (secondary N) is 5. The van der Waals surface area contributed by atoms with Gasteiger partial charge >= 0.3 is 5.97 Å². The van der Waals surface area contributed by atoms with Crippen molar-refractivity contribution >= 4 is 87.0 Å². The van der Waals surface area contributed by atoms with Gasteiger partial charge in [-0.15, -0.1) is 0 Å². The van der Waals surface area contributed by atoms with E-state index in [1.807, 2.05) is 103 Å². The molecular weight excluding hydrogens is 1150 g/mol. The fraction of sp³-hybridized carbons (Fsp3) is 0.157. The summed E-state index contributed by atoms with van der Waals surface area (Å²) < 4.78 is 22.9. The Kier molecular flexibility index (Phi) is 17.4. The minimum atomic E-state index is -1.30. The first kappa shape index (κ1) is 59.5. The summed E-state index contributed by atoms with van der Waals surface area (Å²) in [6.45, 7) is 0.955. The number of aliphatic carboxylic acids is 1. The summed E-state index contributed by atoms with van der Waals surface area (Å²) in [5.41, 5.74) is 20.9. The maximum Gasteiger partial charge on any atom is 0.326 e. The Bertz CT molecular complexity index is 4560. The number of rotatable bonds is 22. The highest BCUT2D eigenvalue weighted by Crippen LogP contribution is 2.40. The number of methoxy groups -OCH3 is 3. The van der Waals surface area contributed by atoms with Gasteiger partial charge in [-0.25, -0.2) is 24.7 Å². The zero-order chi connectivity index (χ0) is 63.0.